The van der Waals surface area contributed by atoms with E-state index in [9.17, 15) is 9.59 Å². The molecule has 1 heterocycles. The van der Waals surface area contributed by atoms with Crippen LogP contribution in [0.3, 0.4) is 0 Å². The molecular formula is C20H30N4O2. The summed E-state index contributed by atoms with van der Waals surface area (Å²) in [5.41, 5.74) is 2.05. The Balaban J connectivity index is 1.14. The van der Waals surface area contributed by atoms with Crippen molar-refractivity contribution in [2.45, 2.75) is 57.8 Å². The monoisotopic (exact) mass is 358 g/mol. The van der Waals surface area contributed by atoms with E-state index < -0.39 is 0 Å². The minimum Gasteiger partial charge on any atom is -0.354 e. The third kappa shape index (κ3) is 3.64. The van der Waals surface area contributed by atoms with Gasteiger partial charge in [0.2, 0.25) is 11.8 Å². The van der Waals surface area contributed by atoms with E-state index in [-0.39, 0.29) is 17.7 Å². The average Bonchev–Trinajstić information content (AvgIpc) is 3.49. The first-order valence-corrected chi connectivity index (χ1v) is 10.0. The fourth-order valence-electron chi connectivity index (χ4n) is 4.70. The summed E-state index contributed by atoms with van der Waals surface area (Å²) in [6.07, 6.45) is 13.8. The number of aryl methyl sites for hydroxylation is 1. The molecule has 1 unspecified atom stereocenters. The lowest BCUT2D eigenvalue weighted by Crippen LogP contribution is -2.38. The summed E-state index contributed by atoms with van der Waals surface area (Å²) in [6.45, 7) is 1.11. The van der Waals surface area contributed by atoms with Crippen LogP contribution < -0.4 is 5.32 Å². The van der Waals surface area contributed by atoms with Gasteiger partial charge in [0.15, 0.2) is 0 Å². The number of aromatic amines is 1. The average molecular weight is 358 g/mol. The van der Waals surface area contributed by atoms with E-state index >= 15 is 0 Å². The molecule has 0 aliphatic heterocycles. The van der Waals surface area contributed by atoms with Crippen molar-refractivity contribution in [1.82, 2.24) is 20.4 Å². The second kappa shape index (κ2) is 6.71. The van der Waals surface area contributed by atoms with Crippen LogP contribution in [-0.4, -0.2) is 47.0 Å². The number of amides is 2. The van der Waals surface area contributed by atoms with Gasteiger partial charge in [0, 0.05) is 38.7 Å². The van der Waals surface area contributed by atoms with Crippen LogP contribution >= 0.6 is 0 Å². The van der Waals surface area contributed by atoms with Gasteiger partial charge in [-0.2, -0.15) is 5.10 Å². The molecule has 2 amide bonds. The van der Waals surface area contributed by atoms with Gasteiger partial charge in [-0.05, 0) is 67.8 Å². The van der Waals surface area contributed by atoms with Gasteiger partial charge in [-0.1, -0.05) is 0 Å². The van der Waals surface area contributed by atoms with Crippen molar-refractivity contribution in [2.24, 2.45) is 16.7 Å². The third-order valence-electron chi connectivity index (χ3n) is 7.09. The van der Waals surface area contributed by atoms with Crippen molar-refractivity contribution < 1.29 is 9.59 Å². The van der Waals surface area contributed by atoms with Crippen LogP contribution in [0.2, 0.25) is 0 Å². The van der Waals surface area contributed by atoms with Crippen LogP contribution in [-0.2, 0) is 16.0 Å². The molecule has 0 saturated heterocycles. The predicted octanol–water partition coefficient (Wildman–Crippen LogP) is 2.28. The van der Waals surface area contributed by atoms with Crippen LogP contribution in [0.1, 0.15) is 56.9 Å². The number of carbonyl (C=O) groups excluding carboxylic acids is 2. The predicted molar refractivity (Wildman–Crippen MR) is 98.2 cm³/mol. The second-order valence-electron chi connectivity index (χ2n) is 8.84. The largest absolute Gasteiger partial charge is 0.354 e. The number of H-pyrrole nitrogens is 1. The number of likely N-dealkylation sites (N-methyl/N-ethyl adjacent to an activating group) is 1. The molecule has 0 radical (unpaired) electrons. The molecule has 142 valence electrons. The Bertz CT molecular complexity index is 655. The van der Waals surface area contributed by atoms with Crippen LogP contribution in [0.5, 0.6) is 0 Å². The van der Waals surface area contributed by atoms with E-state index in [2.05, 4.69) is 15.5 Å². The molecule has 0 aromatic carbocycles. The lowest BCUT2D eigenvalue weighted by Gasteiger charge is -2.30. The number of aromatic nitrogens is 2. The lowest BCUT2D eigenvalue weighted by molar-refractivity contribution is -0.132. The van der Waals surface area contributed by atoms with Gasteiger partial charge in [-0.3, -0.25) is 14.7 Å². The number of nitrogens with zero attached hydrogens (tertiary/aromatic N) is 2. The van der Waals surface area contributed by atoms with E-state index in [1.165, 1.54) is 38.5 Å². The number of nitrogens with one attached hydrogen (secondary N) is 2. The van der Waals surface area contributed by atoms with Crippen molar-refractivity contribution in [1.29, 1.82) is 0 Å². The SMILES string of the molecule is CN(CCNC(=O)CCc1cn[nH]c1)C(=O)C1CC12CCC1(CC1)CC2. The maximum atomic E-state index is 12.7. The highest BCUT2D eigenvalue weighted by Crippen LogP contribution is 2.69. The van der Waals surface area contributed by atoms with E-state index in [0.29, 0.717) is 36.8 Å². The maximum Gasteiger partial charge on any atom is 0.226 e. The van der Waals surface area contributed by atoms with Gasteiger partial charge in [0.25, 0.3) is 0 Å². The summed E-state index contributed by atoms with van der Waals surface area (Å²) in [6, 6.07) is 0. The molecule has 6 heteroatoms. The van der Waals surface area contributed by atoms with Gasteiger partial charge in [-0.25, -0.2) is 0 Å². The Morgan fingerprint density at radius 3 is 2.65 bits per heavy atom. The first-order valence-electron chi connectivity index (χ1n) is 10.0. The topological polar surface area (TPSA) is 78.1 Å². The Morgan fingerprint density at radius 2 is 2.00 bits per heavy atom. The molecule has 4 rings (SSSR count). The molecule has 2 N–H and O–H groups in total. The molecule has 1 atom stereocenters. The summed E-state index contributed by atoms with van der Waals surface area (Å²) in [4.78, 5) is 26.4. The summed E-state index contributed by atoms with van der Waals surface area (Å²) >= 11 is 0. The Labute approximate surface area is 155 Å². The summed E-state index contributed by atoms with van der Waals surface area (Å²) in [5, 5.41) is 9.54. The molecule has 26 heavy (non-hydrogen) atoms. The number of hydrogen-bond acceptors (Lipinski definition) is 3. The van der Waals surface area contributed by atoms with E-state index in [4.69, 9.17) is 0 Å². The standard InChI is InChI=1S/C20H30N4O2/c1-24(11-10-21-17(25)3-2-15-13-22-23-14-15)18(26)16-12-20(16)8-6-19(4-5-19)7-9-20/h13-14,16H,2-12H2,1H3,(H,21,25)(H,22,23). The number of rotatable bonds is 7. The normalized spacial score (nSPS) is 24.4. The second-order valence-corrected chi connectivity index (χ2v) is 8.84. The van der Waals surface area contributed by atoms with Crippen LogP contribution in [0.15, 0.2) is 12.4 Å². The molecule has 1 aromatic heterocycles. The van der Waals surface area contributed by atoms with Crippen LogP contribution in [0, 0.1) is 16.7 Å². The van der Waals surface area contributed by atoms with Crippen molar-refractivity contribution >= 4 is 11.8 Å². The zero-order chi connectivity index (χ0) is 18.2. The first-order chi connectivity index (χ1) is 12.5. The smallest absolute Gasteiger partial charge is 0.226 e. The minimum absolute atomic E-state index is 0.0250. The zero-order valence-corrected chi connectivity index (χ0v) is 15.7. The van der Waals surface area contributed by atoms with Crippen molar-refractivity contribution in [3.8, 4) is 0 Å². The fraction of sp³-hybridized carbons (Fsp3) is 0.750. The molecule has 3 fully saturated rings. The summed E-state index contributed by atoms with van der Waals surface area (Å²) in [5.74, 6) is 0.543. The molecule has 0 bridgehead atoms. The summed E-state index contributed by atoms with van der Waals surface area (Å²) < 4.78 is 0. The van der Waals surface area contributed by atoms with Gasteiger partial charge in [-0.15, -0.1) is 0 Å². The third-order valence-corrected chi connectivity index (χ3v) is 7.09. The van der Waals surface area contributed by atoms with Gasteiger partial charge >= 0.3 is 0 Å². The van der Waals surface area contributed by atoms with E-state index in [1.807, 2.05) is 18.1 Å². The molecule has 3 aliphatic rings. The lowest BCUT2D eigenvalue weighted by atomic mass is 9.76. The molecule has 1 aromatic rings. The van der Waals surface area contributed by atoms with Gasteiger partial charge in [0.05, 0.1) is 6.20 Å². The first kappa shape index (κ1) is 17.6. The highest BCUT2D eigenvalue weighted by molar-refractivity contribution is 5.82. The highest BCUT2D eigenvalue weighted by atomic mass is 16.2. The van der Waals surface area contributed by atoms with E-state index in [1.54, 1.807) is 6.20 Å². The number of carbonyl (C=O) groups is 2. The minimum atomic E-state index is 0.0250. The Morgan fingerprint density at radius 1 is 1.27 bits per heavy atom. The van der Waals surface area contributed by atoms with Crippen LogP contribution in [0.4, 0.5) is 0 Å². The van der Waals surface area contributed by atoms with Crippen molar-refractivity contribution in [2.75, 3.05) is 20.1 Å². The van der Waals surface area contributed by atoms with Gasteiger partial charge < -0.3 is 10.2 Å². The molecule has 3 saturated carbocycles. The van der Waals surface area contributed by atoms with Crippen molar-refractivity contribution in [3.63, 3.8) is 0 Å². The molecule has 6 nitrogen and oxygen atoms in total. The Hall–Kier alpha value is -1.85. The summed E-state index contributed by atoms with van der Waals surface area (Å²) in [7, 11) is 1.87. The molecule has 2 spiro atoms. The van der Waals surface area contributed by atoms with E-state index in [0.717, 1.165) is 12.0 Å². The highest BCUT2D eigenvalue weighted by Gasteiger charge is 2.62. The zero-order valence-electron chi connectivity index (χ0n) is 15.7. The Kier molecular flexibility index (Phi) is 4.53. The van der Waals surface area contributed by atoms with Crippen LogP contribution in [0.25, 0.3) is 0 Å². The maximum absolute atomic E-state index is 12.7. The quantitative estimate of drug-likeness (QED) is 0.785. The van der Waals surface area contributed by atoms with Gasteiger partial charge in [0.1, 0.15) is 0 Å². The fourth-order valence-corrected chi connectivity index (χ4v) is 4.70. The molecular weight excluding hydrogens is 328 g/mol. The van der Waals surface area contributed by atoms with Crippen molar-refractivity contribution in [3.05, 3.63) is 18.0 Å². The molecule has 3 aliphatic carbocycles. The number of hydrogen-bond donors (Lipinski definition) is 2.